The standard InChI is InChI=1S/C41H40N2O12/c1-24(45)42-35-37(55-38(48)26-14-6-3-7-15-26)36(47)34(20-44)54-40(35)52-22-32(39(49)51-23-33(46)25-12-4-2-5-13-25)43-41(50)53-21-31-29-18-10-8-16-27(29)28-17-9-11-19-30(28)31/h2-19,31-32,34-37,40,44,47H,20-23H2,1H3,(H,42,45)(H,43,50)/t32-,34?,35?,36?,37?,40?/m1/s1. The molecular formula is C41H40N2O12. The number of benzene rings is 4. The second kappa shape index (κ2) is 17.9. The van der Waals surface area contributed by atoms with Crippen molar-refractivity contribution in [2.75, 3.05) is 26.4 Å². The van der Waals surface area contributed by atoms with Crippen molar-refractivity contribution < 1.29 is 57.9 Å². The Hall–Kier alpha value is -5.93. The normalized spacial score (nSPS) is 20.6. The van der Waals surface area contributed by atoms with E-state index in [4.69, 9.17) is 23.7 Å². The summed E-state index contributed by atoms with van der Waals surface area (Å²) in [6, 6.07) is 28.6. The minimum Gasteiger partial charge on any atom is -0.456 e. The predicted octanol–water partition coefficient (Wildman–Crippen LogP) is 3.14. The summed E-state index contributed by atoms with van der Waals surface area (Å²) < 4.78 is 28.3. The second-order valence-corrected chi connectivity index (χ2v) is 12.9. The van der Waals surface area contributed by atoms with E-state index in [-0.39, 0.29) is 18.1 Å². The van der Waals surface area contributed by atoms with Crippen LogP contribution in [0.25, 0.3) is 11.1 Å². The highest BCUT2D eigenvalue weighted by Gasteiger charge is 2.49. The summed E-state index contributed by atoms with van der Waals surface area (Å²) in [5.41, 5.74) is 4.43. The highest BCUT2D eigenvalue weighted by atomic mass is 16.7. The molecule has 2 amide bonds. The Labute approximate surface area is 316 Å². The van der Waals surface area contributed by atoms with Gasteiger partial charge in [-0.3, -0.25) is 9.59 Å². The number of ether oxygens (including phenoxy) is 5. The quantitative estimate of drug-likeness (QED) is 0.0836. The first-order valence-corrected chi connectivity index (χ1v) is 17.6. The first-order valence-electron chi connectivity index (χ1n) is 17.6. The van der Waals surface area contributed by atoms with Crippen molar-refractivity contribution in [3.05, 3.63) is 131 Å². The molecule has 14 nitrogen and oxygen atoms in total. The first-order chi connectivity index (χ1) is 26.6. The lowest BCUT2D eigenvalue weighted by atomic mass is 9.96. The maximum absolute atomic E-state index is 13.5. The van der Waals surface area contributed by atoms with E-state index in [2.05, 4.69) is 10.6 Å². The van der Waals surface area contributed by atoms with Gasteiger partial charge in [0.05, 0.1) is 18.8 Å². The van der Waals surface area contributed by atoms with Gasteiger partial charge >= 0.3 is 18.0 Å². The van der Waals surface area contributed by atoms with Gasteiger partial charge in [0, 0.05) is 18.4 Å². The molecule has 1 saturated heterocycles. The van der Waals surface area contributed by atoms with Crippen LogP contribution in [0.3, 0.4) is 0 Å². The summed E-state index contributed by atoms with van der Waals surface area (Å²) in [5.74, 6) is -3.28. The van der Waals surface area contributed by atoms with Crippen molar-refractivity contribution in [1.29, 1.82) is 0 Å². The third-order valence-corrected chi connectivity index (χ3v) is 9.26. The molecule has 6 atom stereocenters. The van der Waals surface area contributed by atoms with Gasteiger partial charge in [0.25, 0.3) is 0 Å². The molecule has 1 aliphatic carbocycles. The number of Topliss-reactive ketones (excluding diaryl/α,β-unsaturated/α-hetero) is 1. The number of ketones is 1. The molecule has 4 N–H and O–H groups in total. The number of aliphatic hydroxyl groups excluding tert-OH is 2. The highest BCUT2D eigenvalue weighted by molar-refractivity contribution is 5.98. The Morgan fingerprint density at radius 2 is 1.36 bits per heavy atom. The van der Waals surface area contributed by atoms with Gasteiger partial charge in [-0.25, -0.2) is 14.4 Å². The fourth-order valence-corrected chi connectivity index (χ4v) is 6.59. The molecule has 0 aromatic heterocycles. The lowest BCUT2D eigenvalue weighted by Gasteiger charge is -2.43. The molecule has 0 bridgehead atoms. The third-order valence-electron chi connectivity index (χ3n) is 9.26. The topological polar surface area (TPSA) is 196 Å². The average molecular weight is 753 g/mol. The van der Waals surface area contributed by atoms with E-state index in [1.165, 1.54) is 19.1 Å². The average Bonchev–Trinajstić information content (AvgIpc) is 3.53. The van der Waals surface area contributed by atoms with Crippen LogP contribution in [0.5, 0.6) is 0 Å². The summed E-state index contributed by atoms with van der Waals surface area (Å²) in [4.78, 5) is 65.0. The fourth-order valence-electron chi connectivity index (χ4n) is 6.59. The van der Waals surface area contributed by atoms with Crippen LogP contribution in [0.15, 0.2) is 109 Å². The summed E-state index contributed by atoms with van der Waals surface area (Å²) in [5, 5.41) is 26.1. The van der Waals surface area contributed by atoms with Gasteiger partial charge in [-0.1, -0.05) is 97.1 Å². The number of amides is 2. The number of alkyl carbamates (subject to hydrolysis) is 1. The van der Waals surface area contributed by atoms with E-state index in [1.54, 1.807) is 48.5 Å². The molecule has 0 saturated carbocycles. The Morgan fingerprint density at radius 3 is 1.96 bits per heavy atom. The van der Waals surface area contributed by atoms with Crippen LogP contribution in [0.1, 0.15) is 44.7 Å². The molecule has 286 valence electrons. The zero-order valence-corrected chi connectivity index (χ0v) is 29.7. The van der Waals surface area contributed by atoms with Crippen molar-refractivity contribution >= 4 is 29.7 Å². The van der Waals surface area contributed by atoms with E-state index in [9.17, 15) is 34.2 Å². The molecule has 0 spiro atoms. The van der Waals surface area contributed by atoms with Crippen LogP contribution >= 0.6 is 0 Å². The Kier molecular flexibility index (Phi) is 12.6. The lowest BCUT2D eigenvalue weighted by Crippen LogP contribution is -2.66. The fraction of sp³-hybridized carbons (Fsp3) is 0.293. The third kappa shape index (κ3) is 9.24. The smallest absolute Gasteiger partial charge is 0.407 e. The minimum absolute atomic E-state index is 0.0736. The number of aliphatic hydroxyl groups is 2. The molecule has 1 aliphatic heterocycles. The van der Waals surface area contributed by atoms with E-state index in [0.717, 1.165) is 22.3 Å². The molecule has 6 rings (SSSR count). The zero-order chi connectivity index (χ0) is 38.9. The van der Waals surface area contributed by atoms with E-state index in [1.807, 2.05) is 48.5 Å². The number of fused-ring (bicyclic) bond motifs is 3. The van der Waals surface area contributed by atoms with Crippen molar-refractivity contribution in [2.45, 2.75) is 49.5 Å². The Balaban J connectivity index is 1.19. The molecule has 2 aliphatic rings. The number of hydrogen-bond acceptors (Lipinski definition) is 12. The molecule has 1 heterocycles. The minimum atomic E-state index is -1.61. The highest BCUT2D eigenvalue weighted by Crippen LogP contribution is 2.44. The SMILES string of the molecule is CC(=O)NC1C(OC[C@@H](NC(=O)OCC2c3ccccc3-c3ccccc32)C(=O)OCC(=O)c2ccccc2)OC(CO)C(O)C1OC(=O)c1ccccc1. The number of hydrogen-bond donors (Lipinski definition) is 4. The summed E-state index contributed by atoms with van der Waals surface area (Å²) in [6.45, 7) is -0.957. The molecule has 5 unspecified atom stereocenters. The van der Waals surface area contributed by atoms with Gasteiger partial charge < -0.3 is 44.5 Å². The van der Waals surface area contributed by atoms with Crippen LogP contribution in [-0.2, 0) is 33.3 Å². The number of esters is 2. The van der Waals surface area contributed by atoms with Crippen LogP contribution in [0.2, 0.25) is 0 Å². The number of rotatable bonds is 14. The molecule has 0 radical (unpaired) electrons. The maximum Gasteiger partial charge on any atom is 0.407 e. The zero-order valence-electron chi connectivity index (χ0n) is 29.7. The largest absolute Gasteiger partial charge is 0.456 e. The van der Waals surface area contributed by atoms with Gasteiger partial charge in [-0.2, -0.15) is 0 Å². The molecule has 4 aromatic rings. The molecular weight excluding hydrogens is 712 g/mol. The Morgan fingerprint density at radius 1 is 0.782 bits per heavy atom. The number of carbonyl (C=O) groups is 5. The van der Waals surface area contributed by atoms with Crippen molar-refractivity contribution in [3.8, 4) is 11.1 Å². The van der Waals surface area contributed by atoms with Gasteiger partial charge in [0.15, 0.2) is 30.8 Å². The number of carbonyl (C=O) groups excluding carboxylic acids is 5. The van der Waals surface area contributed by atoms with E-state index >= 15 is 0 Å². The van der Waals surface area contributed by atoms with Gasteiger partial charge in [-0.05, 0) is 34.4 Å². The maximum atomic E-state index is 13.5. The van der Waals surface area contributed by atoms with Crippen LogP contribution < -0.4 is 10.6 Å². The van der Waals surface area contributed by atoms with Gasteiger partial charge in [-0.15, -0.1) is 0 Å². The molecule has 55 heavy (non-hydrogen) atoms. The number of nitrogens with one attached hydrogen (secondary N) is 2. The van der Waals surface area contributed by atoms with Crippen LogP contribution in [0.4, 0.5) is 4.79 Å². The Bertz CT molecular complexity index is 1950. The summed E-state index contributed by atoms with van der Waals surface area (Å²) >= 11 is 0. The molecule has 14 heteroatoms. The first kappa shape index (κ1) is 38.8. The van der Waals surface area contributed by atoms with E-state index in [0.29, 0.717) is 5.56 Å². The molecule has 1 fully saturated rings. The van der Waals surface area contributed by atoms with Gasteiger partial charge in [0.2, 0.25) is 5.91 Å². The van der Waals surface area contributed by atoms with Crippen LogP contribution in [-0.4, -0.2) is 103 Å². The van der Waals surface area contributed by atoms with Crippen molar-refractivity contribution in [2.24, 2.45) is 0 Å². The van der Waals surface area contributed by atoms with Crippen molar-refractivity contribution in [1.82, 2.24) is 10.6 Å². The summed E-state index contributed by atoms with van der Waals surface area (Å²) in [6.07, 6.45) is -6.99. The van der Waals surface area contributed by atoms with Crippen molar-refractivity contribution in [3.63, 3.8) is 0 Å². The second-order valence-electron chi connectivity index (χ2n) is 12.9. The van der Waals surface area contributed by atoms with E-state index < -0.39 is 86.2 Å². The van der Waals surface area contributed by atoms with Gasteiger partial charge in [0.1, 0.15) is 24.9 Å². The molecule has 4 aromatic carbocycles. The summed E-state index contributed by atoms with van der Waals surface area (Å²) in [7, 11) is 0. The monoisotopic (exact) mass is 752 g/mol. The van der Waals surface area contributed by atoms with Crippen LogP contribution in [0, 0.1) is 0 Å². The predicted molar refractivity (Wildman–Crippen MR) is 195 cm³/mol. The lowest BCUT2D eigenvalue weighted by molar-refractivity contribution is -0.270.